The molecule has 5 nitrogen and oxygen atoms in total. The Hall–Kier alpha value is -2.89. The second-order valence-corrected chi connectivity index (χ2v) is 7.00. The summed E-state index contributed by atoms with van der Waals surface area (Å²) in [6.45, 7) is 2.89. The number of nitrogens with zero attached hydrogens (tertiary/aromatic N) is 1. The van der Waals surface area contributed by atoms with Gasteiger partial charge in [0.15, 0.2) is 0 Å². The first-order valence-electron chi connectivity index (χ1n) is 9.70. The molecule has 6 heteroatoms. The maximum atomic E-state index is 13.8. The predicted octanol–water partition coefficient (Wildman–Crippen LogP) is 3.62. The number of carbonyl (C=O) groups is 2. The lowest BCUT2D eigenvalue weighted by atomic mass is 9.88. The van der Waals surface area contributed by atoms with E-state index in [1.54, 1.807) is 23.1 Å². The number of halogens is 1. The fourth-order valence-electron chi connectivity index (χ4n) is 3.65. The van der Waals surface area contributed by atoms with Crippen molar-refractivity contribution in [2.24, 2.45) is 5.92 Å². The molecule has 1 saturated heterocycles. The number of hydrogen-bond donors (Lipinski definition) is 2. The van der Waals surface area contributed by atoms with Crippen molar-refractivity contribution in [1.82, 2.24) is 15.5 Å². The molecular weight excluding hydrogens is 357 g/mol. The molecule has 0 bridgehead atoms. The van der Waals surface area contributed by atoms with Gasteiger partial charge in [-0.05, 0) is 31.4 Å². The minimum Gasteiger partial charge on any atom is -0.352 e. The lowest BCUT2D eigenvalue weighted by molar-refractivity contribution is -0.126. The number of amides is 3. The van der Waals surface area contributed by atoms with Crippen molar-refractivity contribution in [1.29, 1.82) is 0 Å². The summed E-state index contributed by atoms with van der Waals surface area (Å²) in [5.74, 6) is -0.794. The van der Waals surface area contributed by atoms with Crippen molar-refractivity contribution in [3.05, 3.63) is 71.5 Å². The molecule has 3 amide bonds. The van der Waals surface area contributed by atoms with Gasteiger partial charge in [-0.2, -0.15) is 0 Å². The third-order valence-electron chi connectivity index (χ3n) is 5.14. The first kappa shape index (κ1) is 19.9. The van der Waals surface area contributed by atoms with Crippen molar-refractivity contribution in [3.8, 4) is 0 Å². The van der Waals surface area contributed by atoms with Crippen LogP contribution in [0.4, 0.5) is 9.18 Å². The van der Waals surface area contributed by atoms with Crippen LogP contribution in [0.5, 0.6) is 0 Å². The summed E-state index contributed by atoms with van der Waals surface area (Å²) in [6, 6.07) is 16.1. The molecule has 1 fully saturated rings. The van der Waals surface area contributed by atoms with Crippen molar-refractivity contribution < 1.29 is 14.0 Å². The fraction of sp³-hybridized carbons (Fsp3) is 0.364. The van der Waals surface area contributed by atoms with Gasteiger partial charge in [0.1, 0.15) is 5.82 Å². The molecule has 0 spiro atoms. The summed E-state index contributed by atoms with van der Waals surface area (Å²) in [6.07, 6.45) is 1.39. The number of rotatable bonds is 5. The number of nitrogens with one attached hydrogen (secondary N) is 2. The van der Waals surface area contributed by atoms with Gasteiger partial charge in [-0.3, -0.25) is 4.79 Å². The monoisotopic (exact) mass is 383 g/mol. The molecular formula is C22H26FN3O2. The van der Waals surface area contributed by atoms with Crippen molar-refractivity contribution in [3.63, 3.8) is 0 Å². The van der Waals surface area contributed by atoms with Gasteiger partial charge in [0.2, 0.25) is 5.91 Å². The number of urea groups is 1. The highest BCUT2D eigenvalue weighted by Gasteiger charge is 2.35. The van der Waals surface area contributed by atoms with E-state index in [-0.39, 0.29) is 36.3 Å². The molecule has 1 heterocycles. The lowest BCUT2D eigenvalue weighted by Gasteiger charge is -2.39. The number of benzene rings is 2. The quantitative estimate of drug-likeness (QED) is 0.828. The van der Waals surface area contributed by atoms with Gasteiger partial charge in [0.05, 0.1) is 12.0 Å². The molecule has 148 valence electrons. The smallest absolute Gasteiger partial charge is 0.317 e. The Kier molecular flexibility index (Phi) is 6.63. The number of carbonyl (C=O) groups excluding carboxylic acids is 2. The number of likely N-dealkylation sites (tertiary alicyclic amines) is 1. The summed E-state index contributed by atoms with van der Waals surface area (Å²) < 4.78 is 13.8. The van der Waals surface area contributed by atoms with E-state index in [0.29, 0.717) is 31.5 Å². The van der Waals surface area contributed by atoms with Gasteiger partial charge in [-0.25, -0.2) is 9.18 Å². The Balaban J connectivity index is 1.68. The molecule has 2 aromatic carbocycles. The van der Waals surface area contributed by atoms with Crippen LogP contribution in [0.3, 0.4) is 0 Å². The molecule has 0 aliphatic carbocycles. The van der Waals surface area contributed by atoms with E-state index >= 15 is 0 Å². The predicted molar refractivity (Wildman–Crippen MR) is 106 cm³/mol. The average molecular weight is 383 g/mol. The van der Waals surface area contributed by atoms with Crippen molar-refractivity contribution in [2.75, 3.05) is 13.1 Å². The van der Waals surface area contributed by atoms with E-state index in [9.17, 15) is 14.0 Å². The second-order valence-electron chi connectivity index (χ2n) is 7.00. The zero-order valence-corrected chi connectivity index (χ0v) is 16.0. The number of hydrogen-bond acceptors (Lipinski definition) is 2. The Labute approximate surface area is 164 Å². The Morgan fingerprint density at radius 1 is 1.04 bits per heavy atom. The van der Waals surface area contributed by atoms with E-state index in [1.165, 1.54) is 6.07 Å². The minimum atomic E-state index is -0.334. The summed E-state index contributed by atoms with van der Waals surface area (Å²) in [7, 11) is 0. The van der Waals surface area contributed by atoms with Gasteiger partial charge in [0, 0.05) is 25.2 Å². The van der Waals surface area contributed by atoms with E-state index in [1.807, 2.05) is 37.3 Å². The normalized spacial score (nSPS) is 19.1. The summed E-state index contributed by atoms with van der Waals surface area (Å²) >= 11 is 0. The van der Waals surface area contributed by atoms with Crippen LogP contribution in [0.2, 0.25) is 0 Å². The lowest BCUT2D eigenvalue weighted by Crippen LogP contribution is -2.50. The largest absolute Gasteiger partial charge is 0.352 e. The van der Waals surface area contributed by atoms with Gasteiger partial charge in [-0.1, -0.05) is 48.5 Å². The van der Waals surface area contributed by atoms with Gasteiger partial charge in [-0.15, -0.1) is 0 Å². The Morgan fingerprint density at radius 3 is 2.46 bits per heavy atom. The SMILES string of the molecule is CCNC(=O)N1C[C@H](C(=O)NCc2ccccc2F)CC[C@@H]1c1ccccc1. The molecule has 2 N–H and O–H groups in total. The molecule has 0 aromatic heterocycles. The highest BCUT2D eigenvalue weighted by atomic mass is 19.1. The average Bonchev–Trinajstić information content (AvgIpc) is 2.73. The van der Waals surface area contributed by atoms with Crippen molar-refractivity contribution in [2.45, 2.75) is 32.4 Å². The molecule has 1 aliphatic rings. The van der Waals surface area contributed by atoms with Crippen LogP contribution in [0.15, 0.2) is 54.6 Å². The molecule has 2 atom stereocenters. The summed E-state index contributed by atoms with van der Waals surface area (Å²) in [4.78, 5) is 27.0. The first-order valence-corrected chi connectivity index (χ1v) is 9.70. The molecule has 0 saturated carbocycles. The molecule has 28 heavy (non-hydrogen) atoms. The van der Waals surface area contributed by atoms with E-state index < -0.39 is 0 Å². The highest BCUT2D eigenvalue weighted by molar-refractivity contribution is 5.81. The van der Waals surface area contributed by atoms with Crippen LogP contribution in [-0.4, -0.2) is 29.9 Å². The second kappa shape index (κ2) is 9.35. The maximum Gasteiger partial charge on any atom is 0.317 e. The van der Waals surface area contributed by atoms with Crippen molar-refractivity contribution >= 4 is 11.9 Å². The standard InChI is InChI=1S/C22H26FN3O2/c1-2-24-22(28)26-15-18(12-13-20(26)16-8-4-3-5-9-16)21(27)25-14-17-10-6-7-11-19(17)23/h3-11,18,20H,2,12-15H2,1H3,(H,24,28)(H,25,27)/t18-,20-/m1/s1. The van der Waals surface area contributed by atoms with E-state index in [0.717, 1.165) is 5.56 Å². The zero-order valence-electron chi connectivity index (χ0n) is 16.0. The Bertz CT molecular complexity index is 812. The number of piperidine rings is 1. The highest BCUT2D eigenvalue weighted by Crippen LogP contribution is 2.33. The Morgan fingerprint density at radius 2 is 1.75 bits per heavy atom. The fourth-order valence-corrected chi connectivity index (χ4v) is 3.65. The van der Waals surface area contributed by atoms with Crippen LogP contribution in [0.1, 0.15) is 36.9 Å². The van der Waals surface area contributed by atoms with Crippen LogP contribution in [-0.2, 0) is 11.3 Å². The summed E-state index contributed by atoms with van der Waals surface area (Å²) in [5, 5.41) is 5.66. The molecule has 2 aromatic rings. The van der Waals surface area contributed by atoms with Crippen LogP contribution in [0, 0.1) is 11.7 Å². The molecule has 0 unspecified atom stereocenters. The topological polar surface area (TPSA) is 61.4 Å². The van der Waals surface area contributed by atoms with Crippen LogP contribution >= 0.6 is 0 Å². The maximum absolute atomic E-state index is 13.8. The third kappa shape index (κ3) is 4.68. The van der Waals surface area contributed by atoms with E-state index in [4.69, 9.17) is 0 Å². The van der Waals surface area contributed by atoms with Gasteiger partial charge in [0.25, 0.3) is 0 Å². The van der Waals surface area contributed by atoms with E-state index in [2.05, 4.69) is 10.6 Å². The molecule has 0 radical (unpaired) electrons. The summed E-state index contributed by atoms with van der Waals surface area (Å²) in [5.41, 5.74) is 1.52. The zero-order chi connectivity index (χ0) is 19.9. The minimum absolute atomic E-state index is 0.0524. The molecule has 1 aliphatic heterocycles. The van der Waals surface area contributed by atoms with Gasteiger partial charge >= 0.3 is 6.03 Å². The molecule has 3 rings (SSSR count). The van der Waals surface area contributed by atoms with Crippen LogP contribution < -0.4 is 10.6 Å². The third-order valence-corrected chi connectivity index (χ3v) is 5.14. The first-order chi connectivity index (χ1) is 13.6. The van der Waals surface area contributed by atoms with Crippen LogP contribution in [0.25, 0.3) is 0 Å². The van der Waals surface area contributed by atoms with Gasteiger partial charge < -0.3 is 15.5 Å².